The molecule has 11 nitrogen and oxygen atoms in total. The number of hydrogen-bond donors (Lipinski definition) is 0. The third-order valence-corrected chi connectivity index (χ3v) is 11.2. The molecule has 15 heteroatoms. The fourth-order valence-corrected chi connectivity index (χ4v) is 10.2. The monoisotopic (exact) mass is 529 g/mol. The molecule has 0 aromatic heterocycles. The van der Waals surface area contributed by atoms with E-state index in [1.165, 1.54) is 24.3 Å². The molecule has 0 saturated carbocycles. The van der Waals surface area contributed by atoms with E-state index in [9.17, 15) is 33.7 Å². The van der Waals surface area contributed by atoms with Gasteiger partial charge in [-0.05, 0) is 17.5 Å². The zero-order valence-electron chi connectivity index (χ0n) is 18.3. The highest BCUT2D eigenvalue weighted by Gasteiger charge is 2.47. The van der Waals surface area contributed by atoms with Crippen LogP contribution in [0.2, 0.25) is 0 Å². The summed E-state index contributed by atoms with van der Waals surface area (Å²) in [5.41, 5.74) is 0.605. The van der Waals surface area contributed by atoms with Crippen molar-refractivity contribution in [2.75, 3.05) is 25.0 Å². The fourth-order valence-electron chi connectivity index (χ4n) is 3.48. The van der Waals surface area contributed by atoms with Gasteiger partial charge in [0.15, 0.2) is 0 Å². The average molecular weight is 530 g/mol. The second-order valence-corrected chi connectivity index (χ2v) is 15.3. The Hall–Kier alpha value is -1.57. The minimum Gasteiger partial charge on any atom is -0.212 e. The van der Waals surface area contributed by atoms with Crippen molar-refractivity contribution in [1.82, 2.24) is 7.42 Å². The second kappa shape index (κ2) is 10.1. The largest absolute Gasteiger partial charge is 0.224 e. The molecule has 32 heavy (non-hydrogen) atoms. The van der Waals surface area contributed by atoms with Gasteiger partial charge in [-0.15, -0.1) is 0 Å². The summed E-state index contributed by atoms with van der Waals surface area (Å²) >= 11 is 0. The summed E-state index contributed by atoms with van der Waals surface area (Å²) < 4.78 is 101. The van der Waals surface area contributed by atoms with Gasteiger partial charge < -0.3 is 0 Å². The van der Waals surface area contributed by atoms with E-state index in [1.54, 1.807) is 6.92 Å². The Labute approximate surface area is 190 Å². The number of rotatable bonds is 11. The summed E-state index contributed by atoms with van der Waals surface area (Å²) in [5.74, 6) is 0. The molecule has 0 bridgehead atoms. The van der Waals surface area contributed by atoms with Crippen LogP contribution in [0, 0.1) is 11.3 Å². The molecule has 0 saturated heterocycles. The van der Waals surface area contributed by atoms with Crippen molar-refractivity contribution >= 4 is 40.1 Å². The molecular formula is C17H27N3O8S4. The van der Waals surface area contributed by atoms with Crippen molar-refractivity contribution < 1.29 is 33.7 Å². The predicted octanol–water partition coefficient (Wildman–Crippen LogP) is 0.405. The van der Waals surface area contributed by atoms with Crippen LogP contribution in [0.25, 0.3) is 0 Å². The van der Waals surface area contributed by atoms with Crippen molar-refractivity contribution in [2.45, 2.75) is 38.3 Å². The lowest BCUT2D eigenvalue weighted by atomic mass is 9.96. The highest BCUT2D eigenvalue weighted by Crippen LogP contribution is 2.36. The molecule has 182 valence electrons. The van der Waals surface area contributed by atoms with E-state index in [-0.39, 0.29) is 32.2 Å². The molecule has 0 heterocycles. The highest BCUT2D eigenvalue weighted by molar-refractivity contribution is 8.04. The molecular weight excluding hydrogens is 502 g/mol. The average Bonchev–Trinajstić information content (AvgIpc) is 2.55. The molecule has 0 spiro atoms. The van der Waals surface area contributed by atoms with Crippen LogP contribution < -0.4 is 0 Å². The third kappa shape index (κ3) is 7.22. The van der Waals surface area contributed by atoms with E-state index in [0.717, 1.165) is 0 Å². The van der Waals surface area contributed by atoms with Crippen molar-refractivity contribution in [2.24, 2.45) is 0 Å². The Morgan fingerprint density at radius 2 is 1.19 bits per heavy atom. The number of hydrogen-bond acceptors (Lipinski definition) is 9. The van der Waals surface area contributed by atoms with Crippen LogP contribution in [-0.2, 0) is 46.5 Å². The molecule has 0 aliphatic carbocycles. The normalized spacial score (nSPS) is 15.4. The van der Waals surface area contributed by atoms with Crippen LogP contribution >= 0.6 is 0 Å². The van der Waals surface area contributed by atoms with Gasteiger partial charge in [-0.1, -0.05) is 45.0 Å². The van der Waals surface area contributed by atoms with Crippen LogP contribution in [0.5, 0.6) is 0 Å². The Morgan fingerprint density at radius 3 is 1.50 bits per heavy atom. The summed E-state index contributed by atoms with van der Waals surface area (Å²) in [7, 11) is -17.9. The van der Waals surface area contributed by atoms with Crippen molar-refractivity contribution in [3.8, 4) is 6.07 Å². The van der Waals surface area contributed by atoms with Gasteiger partial charge in [-0.3, -0.25) is 0 Å². The van der Waals surface area contributed by atoms with Crippen LogP contribution in [0.3, 0.4) is 0 Å². The van der Waals surface area contributed by atoms with E-state index >= 15 is 0 Å². The third-order valence-electron chi connectivity index (χ3n) is 4.36. The van der Waals surface area contributed by atoms with Gasteiger partial charge in [0.05, 0.1) is 49.6 Å². The summed E-state index contributed by atoms with van der Waals surface area (Å²) in [4.78, 5) is 0. The Bertz CT molecular complexity index is 1220. The van der Waals surface area contributed by atoms with Gasteiger partial charge >= 0.3 is 0 Å². The molecule has 0 amide bonds. The molecule has 0 aliphatic rings. The first-order valence-corrected chi connectivity index (χ1v) is 16.6. The molecule has 0 N–H and O–H groups in total. The molecule has 0 aliphatic heterocycles. The molecule has 1 rings (SSSR count). The van der Waals surface area contributed by atoms with Crippen molar-refractivity contribution in [3.63, 3.8) is 0 Å². The highest BCUT2D eigenvalue weighted by atomic mass is 32.3. The van der Waals surface area contributed by atoms with E-state index in [0.29, 0.717) is 30.6 Å². The van der Waals surface area contributed by atoms with E-state index in [1.807, 2.05) is 6.07 Å². The summed E-state index contributed by atoms with van der Waals surface area (Å²) in [6.45, 7) is 1.62. The number of sulfonamides is 4. The van der Waals surface area contributed by atoms with Crippen LogP contribution in [0.15, 0.2) is 24.3 Å². The lowest BCUT2D eigenvalue weighted by Crippen LogP contribution is -2.53. The Kier molecular flexibility index (Phi) is 9.02. The fraction of sp³-hybridized carbons (Fsp3) is 0.588. The standard InChI is InChI=1S/C17H27N3O8S4/c1-6-7-16(19(29(2,21)22)30(3,23)24)17(20(31(4,25)26)32(5,27)28)15-10-8-14(9-11-15)12-13-18/h8-11,16-17H,6-7,12H2,1-5H3/t16-,17+/m1/s1. The smallest absolute Gasteiger partial charge is 0.212 e. The number of benzene rings is 1. The Morgan fingerprint density at radius 1 is 0.781 bits per heavy atom. The second-order valence-electron chi connectivity index (χ2n) is 7.38. The van der Waals surface area contributed by atoms with Gasteiger partial charge in [0, 0.05) is 0 Å². The van der Waals surface area contributed by atoms with Crippen LogP contribution in [0.1, 0.15) is 36.9 Å². The maximum atomic E-state index is 12.6. The minimum absolute atomic E-state index is 0.0318. The van der Waals surface area contributed by atoms with Crippen molar-refractivity contribution in [1.29, 1.82) is 5.26 Å². The SMILES string of the molecule is CCC[C@H]([C@H](c1ccc(CC#N)cc1)N(S(C)(=O)=O)S(C)(=O)=O)N(S(C)(=O)=O)S(C)(=O)=O. The van der Waals surface area contributed by atoms with Crippen LogP contribution in [0.4, 0.5) is 0 Å². The van der Waals surface area contributed by atoms with Crippen LogP contribution in [-0.4, -0.2) is 72.2 Å². The lowest BCUT2D eigenvalue weighted by Gasteiger charge is -2.38. The molecule has 1 aromatic carbocycles. The van der Waals surface area contributed by atoms with E-state index < -0.39 is 52.2 Å². The van der Waals surface area contributed by atoms with E-state index in [2.05, 4.69) is 0 Å². The number of nitrogens with zero attached hydrogens (tertiary/aromatic N) is 3. The minimum atomic E-state index is -4.50. The molecule has 0 radical (unpaired) electrons. The summed E-state index contributed by atoms with van der Waals surface area (Å²) in [6, 6.07) is 4.27. The lowest BCUT2D eigenvalue weighted by molar-refractivity contribution is 0.284. The van der Waals surface area contributed by atoms with Gasteiger partial charge in [0.1, 0.15) is 0 Å². The number of nitriles is 1. The zero-order chi connectivity index (χ0) is 25.1. The first-order valence-electron chi connectivity index (χ1n) is 9.20. The topological polar surface area (TPSA) is 167 Å². The molecule has 2 atom stereocenters. The molecule has 0 unspecified atom stereocenters. The quantitative estimate of drug-likeness (QED) is 0.394. The first-order chi connectivity index (χ1) is 14.4. The summed E-state index contributed by atoms with van der Waals surface area (Å²) in [5, 5.41) is 8.85. The molecule has 0 fully saturated rings. The van der Waals surface area contributed by atoms with Gasteiger partial charge in [-0.2, -0.15) is 5.26 Å². The van der Waals surface area contributed by atoms with E-state index in [4.69, 9.17) is 5.26 Å². The van der Waals surface area contributed by atoms with Gasteiger partial charge in [0.2, 0.25) is 40.1 Å². The maximum Gasteiger partial charge on any atom is 0.224 e. The maximum absolute atomic E-state index is 12.6. The predicted molar refractivity (Wildman–Crippen MR) is 120 cm³/mol. The molecule has 1 aromatic rings. The van der Waals surface area contributed by atoms with Gasteiger partial charge in [0.25, 0.3) is 0 Å². The first kappa shape index (κ1) is 28.5. The zero-order valence-corrected chi connectivity index (χ0v) is 21.6. The van der Waals surface area contributed by atoms with Crippen molar-refractivity contribution in [3.05, 3.63) is 35.4 Å². The van der Waals surface area contributed by atoms with Gasteiger partial charge in [-0.25, -0.2) is 33.7 Å². The summed E-state index contributed by atoms with van der Waals surface area (Å²) in [6.07, 6.45) is 2.66. The Balaban J connectivity index is 4.07.